The average Bonchev–Trinajstić information content (AvgIpc) is 2.66. The molecule has 7 nitrogen and oxygen atoms in total. The molecule has 1 unspecified atom stereocenters. The molecular formula is C19H21N3O4. The summed E-state index contributed by atoms with van der Waals surface area (Å²) in [7, 11) is 0. The molecule has 0 spiro atoms. The molecule has 0 radical (unpaired) electrons. The lowest BCUT2D eigenvalue weighted by molar-refractivity contribution is -0.129. The molecule has 0 bridgehead atoms. The maximum atomic E-state index is 12.0. The molecule has 0 aliphatic heterocycles. The number of carbonyl (C=O) groups is 3. The van der Waals surface area contributed by atoms with E-state index in [1.165, 1.54) is 0 Å². The fourth-order valence-corrected chi connectivity index (χ4v) is 2.21. The maximum absolute atomic E-state index is 12.0. The van der Waals surface area contributed by atoms with Crippen molar-refractivity contribution in [2.75, 3.05) is 13.2 Å². The molecule has 0 aromatic heterocycles. The molecule has 0 saturated carbocycles. The fraction of sp³-hybridized carbons (Fsp3) is 0.211. The van der Waals surface area contributed by atoms with Crippen LogP contribution in [0.25, 0.3) is 0 Å². The van der Waals surface area contributed by atoms with Crippen LogP contribution in [0.3, 0.4) is 0 Å². The van der Waals surface area contributed by atoms with Crippen LogP contribution >= 0.6 is 0 Å². The molecule has 7 heteroatoms. The Kier molecular flexibility index (Phi) is 7.17. The number of hydrogen-bond donors (Lipinski definition) is 3. The molecule has 0 aliphatic carbocycles. The largest absolute Gasteiger partial charge is 0.484 e. The summed E-state index contributed by atoms with van der Waals surface area (Å²) in [6.45, 7) is -0.476. The minimum absolute atomic E-state index is 0.208. The van der Waals surface area contributed by atoms with E-state index in [0.717, 1.165) is 5.56 Å². The zero-order valence-corrected chi connectivity index (χ0v) is 14.2. The summed E-state index contributed by atoms with van der Waals surface area (Å²) in [6.07, 6.45) is 0.285. The highest BCUT2D eigenvalue weighted by Gasteiger charge is 2.18. The molecule has 2 rings (SSSR count). The molecule has 2 aromatic rings. The molecular weight excluding hydrogens is 334 g/mol. The predicted octanol–water partition coefficient (Wildman–Crippen LogP) is 0.394. The van der Waals surface area contributed by atoms with Crippen molar-refractivity contribution in [2.24, 2.45) is 5.73 Å². The highest BCUT2D eigenvalue weighted by Crippen LogP contribution is 2.07. The number of nitrogens with two attached hydrogens (primary N) is 1. The first-order chi connectivity index (χ1) is 12.5. The minimum atomic E-state index is -0.845. The van der Waals surface area contributed by atoms with Gasteiger partial charge in [-0.15, -0.1) is 0 Å². The van der Waals surface area contributed by atoms with Gasteiger partial charge in [0.05, 0.1) is 6.54 Å². The monoisotopic (exact) mass is 355 g/mol. The second-order valence-electron chi connectivity index (χ2n) is 5.59. The van der Waals surface area contributed by atoms with Crippen LogP contribution in [0.15, 0.2) is 60.7 Å². The lowest BCUT2D eigenvalue weighted by Gasteiger charge is -2.16. The van der Waals surface area contributed by atoms with Crippen LogP contribution in [0.2, 0.25) is 0 Å². The van der Waals surface area contributed by atoms with Crippen molar-refractivity contribution in [1.82, 2.24) is 10.6 Å². The van der Waals surface area contributed by atoms with E-state index in [2.05, 4.69) is 10.6 Å². The van der Waals surface area contributed by atoms with Gasteiger partial charge in [-0.05, 0) is 17.7 Å². The van der Waals surface area contributed by atoms with Crippen molar-refractivity contribution >= 4 is 17.7 Å². The standard InChI is InChI=1S/C19H21N3O4/c20-19(25)16(11-14-7-3-1-4-8-14)22-17(23)12-21-18(24)13-26-15-9-5-2-6-10-15/h1-10,16H,11-13H2,(H2,20,25)(H,21,24)(H,22,23). The highest BCUT2D eigenvalue weighted by atomic mass is 16.5. The number of benzene rings is 2. The van der Waals surface area contributed by atoms with Crippen LogP contribution < -0.4 is 21.1 Å². The molecule has 136 valence electrons. The average molecular weight is 355 g/mol. The van der Waals surface area contributed by atoms with Crippen molar-refractivity contribution in [3.05, 3.63) is 66.2 Å². The van der Waals surface area contributed by atoms with Crippen LogP contribution in [0.1, 0.15) is 5.56 Å². The van der Waals surface area contributed by atoms with Gasteiger partial charge in [-0.2, -0.15) is 0 Å². The molecule has 3 amide bonds. The van der Waals surface area contributed by atoms with Crippen LogP contribution in [-0.4, -0.2) is 36.9 Å². The number of nitrogens with one attached hydrogen (secondary N) is 2. The summed E-state index contributed by atoms with van der Waals surface area (Å²) >= 11 is 0. The molecule has 4 N–H and O–H groups in total. The number of carbonyl (C=O) groups excluding carboxylic acids is 3. The Hall–Kier alpha value is -3.35. The second kappa shape index (κ2) is 9.83. The summed E-state index contributed by atoms with van der Waals surface area (Å²) in [5, 5.41) is 4.96. The first-order valence-corrected chi connectivity index (χ1v) is 8.12. The van der Waals surface area contributed by atoms with Gasteiger partial charge in [0.2, 0.25) is 11.8 Å². The first kappa shape index (κ1) is 19.0. The highest BCUT2D eigenvalue weighted by molar-refractivity contribution is 5.89. The third kappa shape index (κ3) is 6.64. The van der Waals surface area contributed by atoms with Gasteiger partial charge in [0, 0.05) is 6.42 Å². The second-order valence-corrected chi connectivity index (χ2v) is 5.59. The first-order valence-electron chi connectivity index (χ1n) is 8.12. The van der Waals surface area contributed by atoms with Gasteiger partial charge in [0.15, 0.2) is 6.61 Å². The van der Waals surface area contributed by atoms with E-state index in [1.54, 1.807) is 24.3 Å². The van der Waals surface area contributed by atoms with Gasteiger partial charge in [0.1, 0.15) is 11.8 Å². The fourth-order valence-electron chi connectivity index (χ4n) is 2.21. The molecule has 0 heterocycles. The van der Waals surface area contributed by atoms with Crippen LogP contribution in [0.4, 0.5) is 0 Å². The lowest BCUT2D eigenvalue weighted by atomic mass is 10.1. The molecule has 2 aromatic carbocycles. The van der Waals surface area contributed by atoms with E-state index in [0.29, 0.717) is 5.75 Å². The van der Waals surface area contributed by atoms with E-state index in [-0.39, 0.29) is 19.6 Å². The number of rotatable bonds is 9. The predicted molar refractivity (Wildman–Crippen MR) is 96.2 cm³/mol. The Labute approximate surface area is 151 Å². The van der Waals surface area contributed by atoms with Crippen LogP contribution in [0.5, 0.6) is 5.75 Å². The minimum Gasteiger partial charge on any atom is -0.484 e. The maximum Gasteiger partial charge on any atom is 0.258 e. The molecule has 1 atom stereocenters. The Morgan fingerprint density at radius 1 is 0.923 bits per heavy atom. The quantitative estimate of drug-likeness (QED) is 0.604. The Morgan fingerprint density at radius 3 is 2.15 bits per heavy atom. The van der Waals surface area contributed by atoms with Gasteiger partial charge in [-0.3, -0.25) is 14.4 Å². The molecule has 0 aliphatic rings. The van der Waals surface area contributed by atoms with E-state index < -0.39 is 23.8 Å². The smallest absolute Gasteiger partial charge is 0.258 e. The Bertz CT molecular complexity index is 735. The number of ether oxygens (including phenoxy) is 1. The van der Waals surface area contributed by atoms with E-state index in [9.17, 15) is 14.4 Å². The lowest BCUT2D eigenvalue weighted by Crippen LogP contribution is -2.49. The zero-order chi connectivity index (χ0) is 18.8. The van der Waals surface area contributed by atoms with Gasteiger partial charge in [0.25, 0.3) is 5.91 Å². The van der Waals surface area contributed by atoms with Crippen molar-refractivity contribution in [3.63, 3.8) is 0 Å². The van der Waals surface area contributed by atoms with Gasteiger partial charge >= 0.3 is 0 Å². The van der Waals surface area contributed by atoms with Crippen LogP contribution in [0, 0.1) is 0 Å². The summed E-state index contributed by atoms with van der Waals surface area (Å²) in [4.78, 5) is 35.2. The van der Waals surface area contributed by atoms with Gasteiger partial charge in [-0.1, -0.05) is 48.5 Å². The number of hydrogen-bond acceptors (Lipinski definition) is 4. The number of para-hydroxylation sites is 1. The zero-order valence-electron chi connectivity index (χ0n) is 14.2. The van der Waals surface area contributed by atoms with Crippen LogP contribution in [-0.2, 0) is 20.8 Å². The van der Waals surface area contributed by atoms with E-state index in [1.807, 2.05) is 36.4 Å². The van der Waals surface area contributed by atoms with Crippen molar-refractivity contribution in [3.8, 4) is 5.75 Å². The molecule has 0 saturated heterocycles. The van der Waals surface area contributed by atoms with Crippen molar-refractivity contribution < 1.29 is 19.1 Å². The third-order valence-electron chi connectivity index (χ3n) is 3.52. The molecule has 0 fully saturated rings. The van der Waals surface area contributed by atoms with Crippen molar-refractivity contribution in [1.29, 1.82) is 0 Å². The van der Waals surface area contributed by atoms with Crippen molar-refractivity contribution in [2.45, 2.75) is 12.5 Å². The summed E-state index contributed by atoms with van der Waals surface area (Å²) in [6, 6.07) is 17.2. The topological polar surface area (TPSA) is 111 Å². The Balaban J connectivity index is 1.75. The van der Waals surface area contributed by atoms with E-state index in [4.69, 9.17) is 10.5 Å². The summed E-state index contributed by atoms with van der Waals surface area (Å²) in [5.74, 6) is -1.02. The Morgan fingerprint density at radius 2 is 1.54 bits per heavy atom. The number of amides is 3. The van der Waals surface area contributed by atoms with E-state index >= 15 is 0 Å². The number of primary amides is 1. The summed E-state index contributed by atoms with van der Waals surface area (Å²) in [5.41, 5.74) is 6.21. The summed E-state index contributed by atoms with van der Waals surface area (Å²) < 4.78 is 5.28. The van der Waals surface area contributed by atoms with Gasteiger partial charge < -0.3 is 21.1 Å². The van der Waals surface area contributed by atoms with Gasteiger partial charge in [-0.25, -0.2) is 0 Å². The normalized spacial score (nSPS) is 11.2. The molecule has 26 heavy (non-hydrogen) atoms. The third-order valence-corrected chi connectivity index (χ3v) is 3.52. The SMILES string of the molecule is NC(=O)C(Cc1ccccc1)NC(=O)CNC(=O)COc1ccccc1.